The van der Waals surface area contributed by atoms with E-state index in [0.717, 1.165) is 17.9 Å². The van der Waals surface area contributed by atoms with Gasteiger partial charge in [-0.05, 0) is 20.3 Å². The Morgan fingerprint density at radius 2 is 2.19 bits per heavy atom. The zero-order valence-corrected chi connectivity index (χ0v) is 10.2. The Kier molecular flexibility index (Phi) is 4.98. The van der Waals surface area contributed by atoms with Crippen molar-refractivity contribution in [1.82, 2.24) is 9.97 Å². The van der Waals surface area contributed by atoms with Crippen LogP contribution >= 0.6 is 0 Å². The quantitative estimate of drug-likeness (QED) is 0.508. The fourth-order valence-corrected chi connectivity index (χ4v) is 1.54. The van der Waals surface area contributed by atoms with Gasteiger partial charge in [0.05, 0.1) is 0 Å². The molecule has 0 fully saturated rings. The monoisotopic (exact) mass is 223 g/mol. The maximum Gasteiger partial charge on any atom is 0.239 e. The van der Waals surface area contributed by atoms with Gasteiger partial charge in [-0.25, -0.2) is 10.8 Å². The van der Waals surface area contributed by atoms with E-state index in [1.165, 1.54) is 12.8 Å². The Bertz CT molecular complexity index is 326. The van der Waals surface area contributed by atoms with Gasteiger partial charge in [0.1, 0.15) is 5.82 Å². The zero-order valence-electron chi connectivity index (χ0n) is 10.2. The molecular formula is C11H21N5. The number of hydrazine groups is 1. The molecule has 1 heterocycles. The van der Waals surface area contributed by atoms with Gasteiger partial charge >= 0.3 is 0 Å². The van der Waals surface area contributed by atoms with Crippen LogP contribution in [0.15, 0.2) is 6.07 Å². The minimum Gasteiger partial charge on any atom is -0.367 e. The molecule has 0 aliphatic carbocycles. The molecule has 1 unspecified atom stereocenters. The molecule has 5 heteroatoms. The van der Waals surface area contributed by atoms with Crippen LogP contribution in [0.5, 0.6) is 0 Å². The summed E-state index contributed by atoms with van der Waals surface area (Å²) in [7, 11) is 0. The van der Waals surface area contributed by atoms with Gasteiger partial charge in [0.25, 0.3) is 0 Å². The lowest BCUT2D eigenvalue weighted by Crippen LogP contribution is -2.18. The number of hydrogen-bond donors (Lipinski definition) is 3. The van der Waals surface area contributed by atoms with Crippen LogP contribution in [-0.4, -0.2) is 16.0 Å². The van der Waals surface area contributed by atoms with Crippen LogP contribution in [0.3, 0.4) is 0 Å². The van der Waals surface area contributed by atoms with E-state index in [9.17, 15) is 0 Å². The number of aromatic nitrogens is 2. The summed E-state index contributed by atoms with van der Waals surface area (Å²) in [6.07, 6.45) is 3.58. The van der Waals surface area contributed by atoms with E-state index >= 15 is 0 Å². The van der Waals surface area contributed by atoms with Gasteiger partial charge in [0, 0.05) is 17.8 Å². The van der Waals surface area contributed by atoms with Crippen LogP contribution in [0, 0.1) is 6.92 Å². The van der Waals surface area contributed by atoms with Gasteiger partial charge < -0.3 is 5.32 Å². The highest BCUT2D eigenvalue weighted by molar-refractivity contribution is 5.42. The van der Waals surface area contributed by atoms with Crippen LogP contribution < -0.4 is 16.6 Å². The highest BCUT2D eigenvalue weighted by Gasteiger charge is 2.04. The van der Waals surface area contributed by atoms with Crippen LogP contribution in [0.25, 0.3) is 0 Å². The van der Waals surface area contributed by atoms with Gasteiger partial charge in [0.15, 0.2) is 0 Å². The molecule has 0 amide bonds. The summed E-state index contributed by atoms with van der Waals surface area (Å²) in [5.74, 6) is 6.57. The van der Waals surface area contributed by atoms with E-state index in [1.54, 1.807) is 0 Å². The molecule has 4 N–H and O–H groups in total. The predicted molar refractivity (Wildman–Crippen MR) is 67.2 cm³/mol. The number of nitrogens with zero attached hydrogens (tertiary/aromatic N) is 2. The fraction of sp³-hybridized carbons (Fsp3) is 0.636. The van der Waals surface area contributed by atoms with Crippen LogP contribution in [0.1, 0.15) is 38.8 Å². The number of nitrogens with one attached hydrogen (secondary N) is 2. The third kappa shape index (κ3) is 4.02. The molecule has 0 saturated heterocycles. The van der Waals surface area contributed by atoms with Crippen molar-refractivity contribution >= 4 is 11.8 Å². The highest BCUT2D eigenvalue weighted by atomic mass is 15.3. The van der Waals surface area contributed by atoms with E-state index in [0.29, 0.717) is 12.0 Å². The lowest BCUT2D eigenvalue weighted by Gasteiger charge is -2.14. The van der Waals surface area contributed by atoms with Crippen molar-refractivity contribution in [2.75, 3.05) is 10.7 Å². The van der Waals surface area contributed by atoms with Gasteiger partial charge in [0.2, 0.25) is 5.95 Å². The van der Waals surface area contributed by atoms with E-state index in [-0.39, 0.29) is 0 Å². The van der Waals surface area contributed by atoms with Crippen molar-refractivity contribution in [2.24, 2.45) is 5.84 Å². The molecule has 16 heavy (non-hydrogen) atoms. The van der Waals surface area contributed by atoms with Crippen LogP contribution in [0.4, 0.5) is 11.8 Å². The maximum atomic E-state index is 5.30. The molecule has 90 valence electrons. The van der Waals surface area contributed by atoms with Crippen LogP contribution in [0.2, 0.25) is 0 Å². The Balaban J connectivity index is 2.61. The summed E-state index contributed by atoms with van der Waals surface area (Å²) in [4.78, 5) is 8.38. The summed E-state index contributed by atoms with van der Waals surface area (Å²) in [6.45, 7) is 6.27. The van der Waals surface area contributed by atoms with Gasteiger partial charge in [-0.3, -0.25) is 5.43 Å². The number of anilines is 2. The molecule has 0 bridgehead atoms. The lowest BCUT2D eigenvalue weighted by atomic mass is 10.1. The molecule has 0 aliphatic rings. The third-order valence-corrected chi connectivity index (χ3v) is 2.37. The summed E-state index contributed by atoms with van der Waals surface area (Å²) < 4.78 is 0. The second-order valence-corrected chi connectivity index (χ2v) is 4.05. The SMILES string of the molecule is CCCCC(C)Nc1cc(C)nc(NN)n1. The average Bonchev–Trinajstić information content (AvgIpc) is 2.25. The first-order valence-corrected chi connectivity index (χ1v) is 5.74. The van der Waals surface area contributed by atoms with Crippen molar-refractivity contribution in [3.8, 4) is 0 Å². The number of aryl methyl sites for hydroxylation is 1. The van der Waals surface area contributed by atoms with Gasteiger partial charge in [-0.2, -0.15) is 4.98 Å². The molecule has 1 aromatic rings. The predicted octanol–water partition coefficient (Wildman–Crippen LogP) is 2.06. The fourth-order valence-electron chi connectivity index (χ4n) is 1.54. The summed E-state index contributed by atoms with van der Waals surface area (Å²) in [6, 6.07) is 2.34. The Morgan fingerprint density at radius 3 is 2.81 bits per heavy atom. The summed E-state index contributed by atoms with van der Waals surface area (Å²) >= 11 is 0. The molecular weight excluding hydrogens is 202 g/mol. The number of hydrogen-bond acceptors (Lipinski definition) is 5. The Labute approximate surface area is 96.8 Å². The van der Waals surface area contributed by atoms with Gasteiger partial charge in [-0.15, -0.1) is 0 Å². The third-order valence-electron chi connectivity index (χ3n) is 2.37. The van der Waals surface area contributed by atoms with E-state index in [1.807, 2.05) is 13.0 Å². The maximum absolute atomic E-state index is 5.30. The largest absolute Gasteiger partial charge is 0.367 e. The molecule has 5 nitrogen and oxygen atoms in total. The summed E-state index contributed by atoms with van der Waals surface area (Å²) in [5.41, 5.74) is 3.36. The number of unbranched alkanes of at least 4 members (excludes halogenated alkanes) is 1. The van der Waals surface area contributed by atoms with Crippen molar-refractivity contribution < 1.29 is 0 Å². The minimum absolute atomic E-state index is 0.417. The number of nitrogens with two attached hydrogens (primary N) is 1. The van der Waals surface area contributed by atoms with Crippen molar-refractivity contribution in [2.45, 2.75) is 46.1 Å². The van der Waals surface area contributed by atoms with E-state index in [2.05, 4.69) is 34.6 Å². The van der Waals surface area contributed by atoms with Gasteiger partial charge in [-0.1, -0.05) is 19.8 Å². The topological polar surface area (TPSA) is 75.9 Å². The Hall–Kier alpha value is -1.36. The second-order valence-electron chi connectivity index (χ2n) is 4.05. The molecule has 0 spiro atoms. The van der Waals surface area contributed by atoms with Crippen LogP contribution in [-0.2, 0) is 0 Å². The zero-order chi connectivity index (χ0) is 12.0. The number of nitrogen functional groups attached to an aromatic ring is 1. The molecule has 0 aliphatic heterocycles. The molecule has 1 rings (SSSR count). The smallest absolute Gasteiger partial charge is 0.239 e. The average molecular weight is 223 g/mol. The standard InChI is InChI=1S/C11H21N5/c1-4-5-6-8(2)13-10-7-9(3)14-11(15-10)16-12/h7-8H,4-6,12H2,1-3H3,(H2,13,14,15,16). The highest BCUT2D eigenvalue weighted by Crippen LogP contribution is 2.12. The first-order valence-electron chi connectivity index (χ1n) is 5.74. The van der Waals surface area contributed by atoms with Crippen molar-refractivity contribution in [3.63, 3.8) is 0 Å². The van der Waals surface area contributed by atoms with E-state index in [4.69, 9.17) is 5.84 Å². The molecule has 0 aromatic carbocycles. The molecule has 0 saturated carbocycles. The molecule has 0 radical (unpaired) electrons. The van der Waals surface area contributed by atoms with Crippen molar-refractivity contribution in [3.05, 3.63) is 11.8 Å². The normalized spacial score (nSPS) is 12.2. The second kappa shape index (κ2) is 6.27. The minimum atomic E-state index is 0.417. The van der Waals surface area contributed by atoms with E-state index < -0.39 is 0 Å². The Morgan fingerprint density at radius 1 is 1.44 bits per heavy atom. The number of rotatable bonds is 6. The first-order chi connectivity index (χ1) is 7.65. The molecule has 1 aromatic heterocycles. The first kappa shape index (κ1) is 12.7. The summed E-state index contributed by atoms with van der Waals surface area (Å²) in [5, 5.41) is 3.35. The molecule has 1 atom stereocenters. The van der Waals surface area contributed by atoms with Crippen molar-refractivity contribution in [1.29, 1.82) is 0 Å². The lowest BCUT2D eigenvalue weighted by molar-refractivity contribution is 0.643.